The van der Waals surface area contributed by atoms with Crippen LogP contribution in [0, 0.1) is 5.82 Å². The fourth-order valence-corrected chi connectivity index (χ4v) is 7.34. The van der Waals surface area contributed by atoms with E-state index in [0.717, 1.165) is 17.5 Å². The van der Waals surface area contributed by atoms with Gasteiger partial charge in [-0.3, -0.25) is 4.79 Å². The molecule has 0 spiro atoms. The quantitative estimate of drug-likeness (QED) is 0.665. The second-order valence-corrected chi connectivity index (χ2v) is 11.6. The maximum absolute atomic E-state index is 15.4. The van der Waals surface area contributed by atoms with E-state index in [1.54, 1.807) is 6.07 Å². The Labute approximate surface area is 201 Å². The average Bonchev–Trinajstić information content (AvgIpc) is 2.82. The lowest BCUT2D eigenvalue weighted by atomic mass is 9.74. The third-order valence-electron chi connectivity index (χ3n) is 7.31. The number of ether oxygens (including phenoxy) is 1. The van der Waals surface area contributed by atoms with Gasteiger partial charge in [-0.05, 0) is 49.8 Å². The van der Waals surface area contributed by atoms with Crippen molar-refractivity contribution in [3.05, 3.63) is 71.0 Å². The molecule has 8 heteroatoms. The molecule has 2 heterocycles. The highest BCUT2D eigenvalue weighted by Gasteiger charge is 2.41. The van der Waals surface area contributed by atoms with Crippen molar-refractivity contribution in [2.75, 3.05) is 19.8 Å². The molecule has 2 aliphatic rings. The van der Waals surface area contributed by atoms with Crippen LogP contribution in [-0.4, -0.2) is 44.4 Å². The van der Waals surface area contributed by atoms with Crippen molar-refractivity contribution in [3.8, 4) is 0 Å². The van der Waals surface area contributed by atoms with Crippen LogP contribution in [0.1, 0.15) is 61.5 Å². The predicted octanol–water partition coefficient (Wildman–Crippen LogP) is 4.07. The zero-order valence-electron chi connectivity index (χ0n) is 19.8. The molecule has 4 rings (SSSR count). The van der Waals surface area contributed by atoms with Crippen molar-refractivity contribution in [1.82, 2.24) is 9.62 Å². The predicted molar refractivity (Wildman–Crippen MR) is 129 cm³/mol. The molecule has 0 bridgehead atoms. The van der Waals surface area contributed by atoms with Crippen LogP contribution in [0.4, 0.5) is 4.39 Å². The number of hydrogen-bond donors (Lipinski definition) is 1. The number of hydrogen-bond acceptors (Lipinski definition) is 4. The zero-order chi connectivity index (χ0) is 24.3. The molecule has 184 valence electrons. The van der Waals surface area contributed by atoms with Crippen LogP contribution in [-0.2, 0) is 31.5 Å². The van der Waals surface area contributed by atoms with Crippen LogP contribution >= 0.6 is 0 Å². The standard InChI is InChI=1S/C26H33FN2O4S/c1-19-8-11-25(21-6-4-3-5-7-21)34(31,32)29(19)17-22-9-10-23(16-24(22)27)26(18-28-20(2)30)12-14-33-15-13-26/h3-7,9-10,16,19,25H,8,11-15,17-18H2,1-2H3,(H,28,30)/t19-,25+/m0/s1. The minimum absolute atomic E-state index is 0.000748. The maximum Gasteiger partial charge on any atom is 0.221 e. The first-order valence-electron chi connectivity index (χ1n) is 11.9. The summed E-state index contributed by atoms with van der Waals surface area (Å²) < 4.78 is 49.4. The van der Waals surface area contributed by atoms with Crippen molar-refractivity contribution in [2.45, 2.75) is 62.8 Å². The first kappa shape index (κ1) is 24.8. The maximum atomic E-state index is 15.4. The van der Waals surface area contributed by atoms with E-state index in [-0.39, 0.29) is 18.5 Å². The molecule has 2 fully saturated rings. The van der Waals surface area contributed by atoms with E-state index in [1.807, 2.05) is 43.3 Å². The number of sulfonamides is 1. The van der Waals surface area contributed by atoms with Gasteiger partial charge in [-0.15, -0.1) is 0 Å². The van der Waals surface area contributed by atoms with Gasteiger partial charge < -0.3 is 10.1 Å². The molecule has 0 saturated carbocycles. The molecule has 2 aromatic carbocycles. The van der Waals surface area contributed by atoms with E-state index in [9.17, 15) is 13.2 Å². The number of halogens is 1. The highest BCUT2D eigenvalue weighted by molar-refractivity contribution is 7.89. The highest BCUT2D eigenvalue weighted by Crippen LogP contribution is 2.39. The van der Waals surface area contributed by atoms with Crippen molar-refractivity contribution < 1.29 is 22.3 Å². The summed E-state index contributed by atoms with van der Waals surface area (Å²) in [6, 6.07) is 14.1. The van der Waals surface area contributed by atoms with Crippen LogP contribution in [0.15, 0.2) is 48.5 Å². The minimum atomic E-state index is -3.64. The van der Waals surface area contributed by atoms with Crippen LogP contribution in [0.3, 0.4) is 0 Å². The summed E-state index contributed by atoms with van der Waals surface area (Å²) >= 11 is 0. The number of nitrogens with one attached hydrogen (secondary N) is 1. The molecule has 6 nitrogen and oxygen atoms in total. The lowest BCUT2D eigenvalue weighted by Gasteiger charge is -2.39. The van der Waals surface area contributed by atoms with Crippen molar-refractivity contribution in [1.29, 1.82) is 0 Å². The van der Waals surface area contributed by atoms with Crippen LogP contribution in [0.25, 0.3) is 0 Å². The van der Waals surface area contributed by atoms with Crippen LogP contribution < -0.4 is 5.32 Å². The minimum Gasteiger partial charge on any atom is -0.381 e. The van der Waals surface area contributed by atoms with Gasteiger partial charge >= 0.3 is 0 Å². The largest absolute Gasteiger partial charge is 0.381 e. The smallest absolute Gasteiger partial charge is 0.221 e. The van der Waals surface area contributed by atoms with E-state index in [2.05, 4.69) is 5.32 Å². The number of carbonyl (C=O) groups is 1. The summed E-state index contributed by atoms with van der Waals surface area (Å²) in [6.45, 7) is 4.87. The van der Waals surface area contributed by atoms with Gasteiger partial charge in [0.15, 0.2) is 0 Å². The fraction of sp³-hybridized carbons (Fsp3) is 0.500. The molecule has 34 heavy (non-hydrogen) atoms. The second-order valence-electron chi connectivity index (χ2n) is 9.52. The number of nitrogens with zero attached hydrogens (tertiary/aromatic N) is 1. The number of rotatable bonds is 6. The summed E-state index contributed by atoms with van der Waals surface area (Å²) in [7, 11) is -3.64. The molecule has 2 aromatic rings. The Kier molecular flexibility index (Phi) is 7.40. The monoisotopic (exact) mass is 488 g/mol. The van der Waals surface area contributed by atoms with Gasteiger partial charge in [0, 0.05) is 50.2 Å². The van der Waals surface area contributed by atoms with Gasteiger partial charge in [-0.25, -0.2) is 12.8 Å². The van der Waals surface area contributed by atoms with Crippen LogP contribution in [0.5, 0.6) is 0 Å². The SMILES string of the molecule is CC(=O)NCC1(c2ccc(CN3[C@@H](C)CC[C@H](c4ccccc4)S3(=O)=O)c(F)c2)CCOCC1. The molecule has 0 aliphatic carbocycles. The zero-order valence-corrected chi connectivity index (χ0v) is 20.6. The van der Waals surface area contributed by atoms with Gasteiger partial charge in [0.1, 0.15) is 11.1 Å². The molecule has 1 N–H and O–H groups in total. The molecule has 1 amide bonds. The van der Waals surface area contributed by atoms with Crippen LogP contribution in [0.2, 0.25) is 0 Å². The molecule has 2 aliphatic heterocycles. The number of amides is 1. The van der Waals surface area contributed by atoms with Gasteiger partial charge in [0.25, 0.3) is 0 Å². The average molecular weight is 489 g/mol. The molecule has 0 unspecified atom stereocenters. The van der Waals surface area contributed by atoms with E-state index in [4.69, 9.17) is 4.74 Å². The van der Waals surface area contributed by atoms with Gasteiger partial charge in [-0.2, -0.15) is 4.31 Å². The Hall–Kier alpha value is -2.29. The lowest BCUT2D eigenvalue weighted by molar-refractivity contribution is -0.119. The molecule has 0 radical (unpaired) electrons. The Morgan fingerprint density at radius 3 is 2.50 bits per heavy atom. The van der Waals surface area contributed by atoms with Crippen molar-refractivity contribution >= 4 is 15.9 Å². The first-order chi connectivity index (χ1) is 16.2. The summed E-state index contributed by atoms with van der Waals surface area (Å²) in [5, 5.41) is 2.27. The number of carbonyl (C=O) groups excluding carboxylic acids is 1. The van der Waals surface area contributed by atoms with Gasteiger partial charge in [-0.1, -0.05) is 42.5 Å². The lowest BCUT2D eigenvalue weighted by Crippen LogP contribution is -2.45. The van der Waals surface area contributed by atoms with E-state index in [1.165, 1.54) is 17.3 Å². The van der Waals surface area contributed by atoms with Gasteiger partial charge in [0.05, 0.1) is 0 Å². The summed E-state index contributed by atoms with van der Waals surface area (Å²) in [5.41, 5.74) is 1.54. The Balaban J connectivity index is 1.59. The first-order valence-corrected chi connectivity index (χ1v) is 13.4. The summed E-state index contributed by atoms with van der Waals surface area (Å²) in [6.07, 6.45) is 2.64. The Morgan fingerprint density at radius 1 is 1.15 bits per heavy atom. The summed E-state index contributed by atoms with van der Waals surface area (Å²) in [5.74, 6) is -0.546. The summed E-state index contributed by atoms with van der Waals surface area (Å²) in [4.78, 5) is 11.5. The highest BCUT2D eigenvalue weighted by atomic mass is 32.2. The second kappa shape index (κ2) is 10.1. The van der Waals surface area contributed by atoms with E-state index >= 15 is 4.39 Å². The van der Waals surface area contributed by atoms with E-state index < -0.39 is 26.5 Å². The molecular formula is C26H33FN2O4S. The van der Waals surface area contributed by atoms with Gasteiger partial charge in [0.2, 0.25) is 15.9 Å². The van der Waals surface area contributed by atoms with E-state index in [0.29, 0.717) is 44.6 Å². The fourth-order valence-electron chi connectivity index (χ4n) is 5.15. The van der Waals surface area contributed by atoms with Crippen molar-refractivity contribution in [3.63, 3.8) is 0 Å². The third kappa shape index (κ3) is 5.04. The Morgan fingerprint density at radius 2 is 1.85 bits per heavy atom. The normalized spacial score (nSPS) is 24.4. The molecule has 2 atom stereocenters. The third-order valence-corrected chi connectivity index (χ3v) is 9.68. The molecule has 0 aromatic heterocycles. The molecule has 2 saturated heterocycles. The Bertz CT molecular complexity index is 1120. The van der Waals surface area contributed by atoms with Crippen molar-refractivity contribution in [2.24, 2.45) is 0 Å². The topological polar surface area (TPSA) is 75.7 Å². The number of benzene rings is 2. The molecular weight excluding hydrogens is 455 g/mol.